The maximum absolute atomic E-state index is 12.8. The van der Waals surface area contributed by atoms with Gasteiger partial charge < -0.3 is 5.32 Å². The SMILES string of the molecule is CC(F)C1C2CCNCC21. The van der Waals surface area contributed by atoms with E-state index in [0.717, 1.165) is 19.0 Å². The van der Waals surface area contributed by atoms with Crippen LogP contribution in [0.15, 0.2) is 0 Å². The molecule has 0 bridgehead atoms. The van der Waals surface area contributed by atoms with Crippen LogP contribution in [0.5, 0.6) is 0 Å². The highest BCUT2D eigenvalue weighted by Crippen LogP contribution is 2.52. The van der Waals surface area contributed by atoms with Crippen molar-refractivity contribution in [1.29, 1.82) is 0 Å². The molecule has 2 heteroatoms. The summed E-state index contributed by atoms with van der Waals surface area (Å²) in [5.74, 6) is 1.80. The van der Waals surface area contributed by atoms with E-state index >= 15 is 0 Å². The third-order valence-electron chi connectivity index (χ3n) is 2.96. The van der Waals surface area contributed by atoms with Crippen molar-refractivity contribution < 1.29 is 4.39 Å². The van der Waals surface area contributed by atoms with Crippen LogP contribution in [0.3, 0.4) is 0 Å². The molecule has 2 aliphatic rings. The number of hydrogen-bond donors (Lipinski definition) is 1. The lowest BCUT2D eigenvalue weighted by Crippen LogP contribution is -2.23. The largest absolute Gasteiger partial charge is 0.316 e. The molecule has 1 heterocycles. The van der Waals surface area contributed by atoms with E-state index in [2.05, 4.69) is 5.32 Å². The molecular formula is C8H14FN. The van der Waals surface area contributed by atoms with E-state index in [1.54, 1.807) is 6.92 Å². The first-order valence-electron chi connectivity index (χ1n) is 4.15. The minimum atomic E-state index is -0.574. The van der Waals surface area contributed by atoms with Gasteiger partial charge in [0, 0.05) is 0 Å². The molecule has 0 aromatic heterocycles. The Labute approximate surface area is 61.0 Å². The van der Waals surface area contributed by atoms with Gasteiger partial charge in [0.2, 0.25) is 0 Å². The van der Waals surface area contributed by atoms with Crippen molar-refractivity contribution in [2.75, 3.05) is 13.1 Å². The van der Waals surface area contributed by atoms with Crippen LogP contribution in [-0.2, 0) is 0 Å². The van der Waals surface area contributed by atoms with Crippen LogP contribution in [0.1, 0.15) is 13.3 Å². The van der Waals surface area contributed by atoms with Gasteiger partial charge in [0.1, 0.15) is 6.17 Å². The van der Waals surface area contributed by atoms with Crippen LogP contribution >= 0.6 is 0 Å². The number of alkyl halides is 1. The summed E-state index contributed by atoms with van der Waals surface area (Å²) in [7, 11) is 0. The van der Waals surface area contributed by atoms with Gasteiger partial charge >= 0.3 is 0 Å². The van der Waals surface area contributed by atoms with Gasteiger partial charge in [-0.05, 0) is 44.2 Å². The molecule has 0 amide bonds. The van der Waals surface area contributed by atoms with Crippen LogP contribution in [-0.4, -0.2) is 19.3 Å². The van der Waals surface area contributed by atoms with Gasteiger partial charge in [-0.1, -0.05) is 0 Å². The van der Waals surface area contributed by atoms with Gasteiger partial charge in [-0.3, -0.25) is 0 Å². The van der Waals surface area contributed by atoms with E-state index in [-0.39, 0.29) is 0 Å². The fraction of sp³-hybridized carbons (Fsp3) is 1.00. The first-order valence-corrected chi connectivity index (χ1v) is 4.15. The minimum Gasteiger partial charge on any atom is -0.316 e. The summed E-state index contributed by atoms with van der Waals surface area (Å²) in [5.41, 5.74) is 0. The molecular weight excluding hydrogens is 129 g/mol. The fourth-order valence-corrected chi connectivity index (χ4v) is 2.39. The number of rotatable bonds is 1. The van der Waals surface area contributed by atoms with E-state index < -0.39 is 6.17 Å². The van der Waals surface area contributed by atoms with Crippen LogP contribution in [0.4, 0.5) is 4.39 Å². The Morgan fingerprint density at radius 2 is 2.30 bits per heavy atom. The fourth-order valence-electron chi connectivity index (χ4n) is 2.39. The Kier molecular flexibility index (Phi) is 1.44. The van der Waals surface area contributed by atoms with Gasteiger partial charge in [-0.15, -0.1) is 0 Å². The molecule has 10 heavy (non-hydrogen) atoms. The third kappa shape index (κ3) is 0.858. The average molecular weight is 143 g/mol. The summed E-state index contributed by atoms with van der Waals surface area (Å²) in [6.45, 7) is 3.86. The topological polar surface area (TPSA) is 12.0 Å². The summed E-state index contributed by atoms with van der Waals surface area (Å²) in [6.07, 6.45) is 0.624. The highest BCUT2D eigenvalue weighted by Gasteiger charge is 2.53. The molecule has 1 nitrogen and oxygen atoms in total. The van der Waals surface area contributed by atoms with Crippen molar-refractivity contribution in [3.63, 3.8) is 0 Å². The monoisotopic (exact) mass is 143 g/mol. The smallest absolute Gasteiger partial charge is 0.101 e. The summed E-state index contributed by atoms with van der Waals surface area (Å²) >= 11 is 0. The zero-order valence-corrected chi connectivity index (χ0v) is 6.31. The molecule has 1 saturated heterocycles. The van der Waals surface area contributed by atoms with E-state index in [0.29, 0.717) is 11.8 Å². The van der Waals surface area contributed by atoms with Gasteiger partial charge in [-0.25, -0.2) is 4.39 Å². The molecule has 0 aromatic rings. The van der Waals surface area contributed by atoms with Crippen molar-refractivity contribution in [2.45, 2.75) is 19.5 Å². The third-order valence-corrected chi connectivity index (χ3v) is 2.96. The van der Waals surface area contributed by atoms with Crippen molar-refractivity contribution >= 4 is 0 Å². The lowest BCUT2D eigenvalue weighted by molar-refractivity contribution is 0.304. The van der Waals surface area contributed by atoms with E-state index in [1.165, 1.54) is 6.42 Å². The Bertz CT molecular complexity index is 123. The van der Waals surface area contributed by atoms with E-state index in [9.17, 15) is 4.39 Å². The summed E-state index contributed by atoms with van der Waals surface area (Å²) in [4.78, 5) is 0. The molecule has 0 aromatic carbocycles. The van der Waals surface area contributed by atoms with Gasteiger partial charge in [-0.2, -0.15) is 0 Å². The first kappa shape index (κ1) is 6.59. The molecule has 0 spiro atoms. The van der Waals surface area contributed by atoms with Crippen molar-refractivity contribution in [3.8, 4) is 0 Å². The van der Waals surface area contributed by atoms with Gasteiger partial charge in [0.15, 0.2) is 0 Å². The van der Waals surface area contributed by atoms with Gasteiger partial charge in [0.05, 0.1) is 0 Å². The molecule has 1 aliphatic heterocycles. The second kappa shape index (κ2) is 2.19. The van der Waals surface area contributed by atoms with Crippen molar-refractivity contribution in [2.24, 2.45) is 17.8 Å². The number of piperidine rings is 1. The molecule has 1 saturated carbocycles. The summed E-state index contributed by atoms with van der Waals surface area (Å²) in [5, 5.41) is 3.29. The van der Waals surface area contributed by atoms with Gasteiger partial charge in [0.25, 0.3) is 0 Å². The Morgan fingerprint density at radius 1 is 1.50 bits per heavy atom. The number of hydrogen-bond acceptors (Lipinski definition) is 1. The molecule has 2 rings (SSSR count). The molecule has 4 unspecified atom stereocenters. The second-order valence-electron chi connectivity index (χ2n) is 3.58. The Balaban J connectivity index is 1.93. The average Bonchev–Trinajstić information content (AvgIpc) is 2.60. The molecule has 4 atom stereocenters. The predicted octanol–water partition coefficient (Wildman–Crippen LogP) is 1.20. The molecule has 2 fully saturated rings. The number of halogens is 1. The zero-order valence-electron chi connectivity index (χ0n) is 6.31. The molecule has 1 aliphatic carbocycles. The van der Waals surface area contributed by atoms with Crippen molar-refractivity contribution in [3.05, 3.63) is 0 Å². The van der Waals surface area contributed by atoms with Crippen LogP contribution in [0.2, 0.25) is 0 Å². The predicted molar refractivity (Wildman–Crippen MR) is 38.5 cm³/mol. The first-order chi connectivity index (χ1) is 4.80. The lowest BCUT2D eigenvalue weighted by atomic mass is 10.2. The molecule has 58 valence electrons. The Hall–Kier alpha value is -0.110. The summed E-state index contributed by atoms with van der Waals surface area (Å²) < 4.78 is 12.8. The molecule has 0 radical (unpaired) electrons. The minimum absolute atomic E-state index is 0.398. The maximum Gasteiger partial charge on any atom is 0.101 e. The number of nitrogens with one attached hydrogen (secondary N) is 1. The number of fused-ring (bicyclic) bond motifs is 1. The van der Waals surface area contributed by atoms with Crippen molar-refractivity contribution in [1.82, 2.24) is 5.32 Å². The second-order valence-corrected chi connectivity index (χ2v) is 3.58. The maximum atomic E-state index is 12.8. The van der Waals surface area contributed by atoms with Crippen LogP contribution in [0, 0.1) is 17.8 Å². The van der Waals surface area contributed by atoms with E-state index in [4.69, 9.17) is 0 Å². The Morgan fingerprint density at radius 3 is 2.80 bits per heavy atom. The quantitative estimate of drug-likeness (QED) is 0.581. The van der Waals surface area contributed by atoms with E-state index in [1.807, 2.05) is 0 Å². The summed E-state index contributed by atoms with van der Waals surface area (Å²) in [6, 6.07) is 0. The lowest BCUT2D eigenvalue weighted by Gasteiger charge is -2.07. The van der Waals surface area contributed by atoms with Crippen LogP contribution in [0.25, 0.3) is 0 Å². The van der Waals surface area contributed by atoms with Crippen LogP contribution < -0.4 is 5.32 Å². The standard InChI is InChI=1S/C8H14FN/c1-5(9)8-6-2-3-10-4-7(6)8/h5-8,10H,2-4H2,1H3. The molecule has 1 N–H and O–H groups in total. The zero-order chi connectivity index (χ0) is 7.14. The highest BCUT2D eigenvalue weighted by atomic mass is 19.1. The normalized spacial score (nSPS) is 48.0. The highest BCUT2D eigenvalue weighted by molar-refractivity contribution is 5.02.